The van der Waals surface area contributed by atoms with Crippen LogP contribution in [0.15, 0.2) is 54.7 Å². The first-order valence-corrected chi connectivity index (χ1v) is 10.5. The molecule has 0 saturated carbocycles. The molecule has 0 unspecified atom stereocenters. The minimum atomic E-state index is -1.20. The van der Waals surface area contributed by atoms with Crippen LogP contribution in [0.25, 0.3) is 11.1 Å². The molecule has 170 valence electrons. The summed E-state index contributed by atoms with van der Waals surface area (Å²) >= 11 is 0. The van der Waals surface area contributed by atoms with Crippen molar-refractivity contribution < 1.29 is 24.2 Å². The Hall–Kier alpha value is -4.14. The van der Waals surface area contributed by atoms with Crippen LogP contribution in [0, 0.1) is 0 Å². The van der Waals surface area contributed by atoms with E-state index in [-0.39, 0.29) is 30.3 Å². The molecule has 3 N–H and O–H groups in total. The summed E-state index contributed by atoms with van der Waals surface area (Å²) in [5.41, 5.74) is 4.49. The van der Waals surface area contributed by atoms with Crippen LogP contribution in [0.3, 0.4) is 0 Å². The highest BCUT2D eigenvalue weighted by Gasteiger charge is 2.29. The lowest BCUT2D eigenvalue weighted by molar-refractivity contribution is -0.116. The van der Waals surface area contributed by atoms with Gasteiger partial charge in [0, 0.05) is 25.4 Å². The van der Waals surface area contributed by atoms with Gasteiger partial charge in [-0.15, -0.1) is 0 Å². The molecule has 0 spiro atoms. The first-order valence-electron chi connectivity index (χ1n) is 10.5. The molecule has 1 heterocycles. The Balaban J connectivity index is 1.32. The molecule has 2 amide bonds. The summed E-state index contributed by atoms with van der Waals surface area (Å²) in [5, 5.41) is 18.3. The van der Waals surface area contributed by atoms with Gasteiger partial charge in [0.2, 0.25) is 5.91 Å². The number of amides is 2. The number of carboxylic acids is 1. The molecule has 4 rings (SSSR count). The number of aromatic nitrogens is 2. The van der Waals surface area contributed by atoms with Gasteiger partial charge < -0.3 is 20.5 Å². The number of anilines is 1. The second kappa shape index (κ2) is 9.15. The third-order valence-corrected chi connectivity index (χ3v) is 5.61. The van der Waals surface area contributed by atoms with Crippen molar-refractivity contribution in [2.45, 2.75) is 25.3 Å². The maximum Gasteiger partial charge on any atom is 0.407 e. The maximum atomic E-state index is 12.4. The van der Waals surface area contributed by atoms with Gasteiger partial charge >= 0.3 is 12.1 Å². The van der Waals surface area contributed by atoms with E-state index in [1.165, 1.54) is 13.2 Å². The van der Waals surface area contributed by atoms with E-state index in [1.807, 2.05) is 36.4 Å². The molecule has 1 aliphatic carbocycles. The third kappa shape index (κ3) is 4.57. The number of fused-ring (bicyclic) bond motifs is 3. The predicted molar refractivity (Wildman–Crippen MR) is 121 cm³/mol. The largest absolute Gasteiger partial charge is 0.476 e. The number of carbonyl (C=O) groups is 3. The second-order valence-electron chi connectivity index (χ2n) is 7.96. The van der Waals surface area contributed by atoms with E-state index in [0.717, 1.165) is 26.9 Å². The first kappa shape index (κ1) is 22.1. The fraction of sp³-hybridized carbons (Fsp3) is 0.250. The Bertz CT molecular complexity index is 1170. The number of nitrogens with one attached hydrogen (secondary N) is 2. The van der Waals surface area contributed by atoms with Gasteiger partial charge in [0.1, 0.15) is 6.61 Å². The highest BCUT2D eigenvalue weighted by atomic mass is 16.5. The lowest BCUT2D eigenvalue weighted by atomic mass is 9.98. The Morgan fingerprint density at radius 1 is 1.09 bits per heavy atom. The number of rotatable bonds is 7. The molecule has 1 atom stereocenters. The summed E-state index contributed by atoms with van der Waals surface area (Å²) in [6.07, 6.45) is 0.591. The van der Waals surface area contributed by atoms with Gasteiger partial charge in [0.25, 0.3) is 0 Å². The summed E-state index contributed by atoms with van der Waals surface area (Å²) in [7, 11) is 1.47. The smallest absolute Gasteiger partial charge is 0.407 e. The van der Waals surface area contributed by atoms with Crippen molar-refractivity contribution in [1.82, 2.24) is 15.1 Å². The van der Waals surface area contributed by atoms with Gasteiger partial charge in [-0.1, -0.05) is 48.5 Å². The Morgan fingerprint density at radius 2 is 1.70 bits per heavy atom. The van der Waals surface area contributed by atoms with Crippen LogP contribution in [0.5, 0.6) is 0 Å². The summed E-state index contributed by atoms with van der Waals surface area (Å²) < 4.78 is 6.65. The number of hydrogen-bond donors (Lipinski definition) is 3. The number of alkyl carbamates (subject to hydrolysis) is 1. The molecule has 9 heteroatoms. The number of aryl methyl sites for hydroxylation is 1. The number of nitrogens with zero attached hydrogens (tertiary/aromatic N) is 2. The van der Waals surface area contributed by atoms with E-state index in [2.05, 4.69) is 27.9 Å². The van der Waals surface area contributed by atoms with Crippen molar-refractivity contribution in [3.63, 3.8) is 0 Å². The third-order valence-electron chi connectivity index (χ3n) is 5.61. The SMILES string of the molecule is C[C@@H](CC(=O)Nc1cnn(C)c1C(=O)O)NC(=O)OCC1c2ccccc2-c2ccccc21. The van der Waals surface area contributed by atoms with E-state index < -0.39 is 24.0 Å². The minimum Gasteiger partial charge on any atom is -0.476 e. The minimum absolute atomic E-state index is 0.0539. The Kier molecular flexibility index (Phi) is 6.12. The fourth-order valence-corrected chi connectivity index (χ4v) is 4.15. The van der Waals surface area contributed by atoms with Crippen molar-refractivity contribution >= 4 is 23.7 Å². The van der Waals surface area contributed by atoms with E-state index in [9.17, 15) is 19.5 Å². The topological polar surface area (TPSA) is 123 Å². The van der Waals surface area contributed by atoms with Crippen LogP contribution in [0.4, 0.5) is 10.5 Å². The van der Waals surface area contributed by atoms with Gasteiger partial charge in [-0.3, -0.25) is 9.48 Å². The van der Waals surface area contributed by atoms with Gasteiger partial charge in [-0.25, -0.2) is 9.59 Å². The van der Waals surface area contributed by atoms with Gasteiger partial charge in [0.15, 0.2) is 5.69 Å². The molecule has 0 aliphatic heterocycles. The zero-order chi connectivity index (χ0) is 23.5. The van der Waals surface area contributed by atoms with Crippen LogP contribution in [-0.2, 0) is 16.6 Å². The van der Waals surface area contributed by atoms with Crippen molar-refractivity contribution in [3.05, 3.63) is 71.5 Å². The molecule has 1 aromatic heterocycles. The molecule has 0 saturated heterocycles. The lowest BCUT2D eigenvalue weighted by Gasteiger charge is -2.17. The maximum absolute atomic E-state index is 12.4. The Morgan fingerprint density at radius 3 is 2.30 bits per heavy atom. The van der Waals surface area contributed by atoms with Crippen LogP contribution >= 0.6 is 0 Å². The molecule has 0 radical (unpaired) electrons. The van der Waals surface area contributed by atoms with E-state index >= 15 is 0 Å². The van der Waals surface area contributed by atoms with Crippen molar-refractivity contribution in [1.29, 1.82) is 0 Å². The van der Waals surface area contributed by atoms with E-state index in [1.54, 1.807) is 6.92 Å². The van der Waals surface area contributed by atoms with Crippen LogP contribution in [-0.4, -0.2) is 45.5 Å². The fourth-order valence-electron chi connectivity index (χ4n) is 4.15. The molecule has 2 aromatic carbocycles. The monoisotopic (exact) mass is 448 g/mol. The molecule has 9 nitrogen and oxygen atoms in total. The predicted octanol–water partition coefficient (Wildman–Crippen LogP) is 3.37. The zero-order valence-electron chi connectivity index (χ0n) is 18.2. The van der Waals surface area contributed by atoms with Crippen LogP contribution in [0.2, 0.25) is 0 Å². The number of carbonyl (C=O) groups excluding carboxylic acids is 2. The molecular weight excluding hydrogens is 424 g/mol. The van der Waals surface area contributed by atoms with E-state index in [4.69, 9.17) is 4.74 Å². The van der Waals surface area contributed by atoms with Crippen molar-refractivity contribution in [2.24, 2.45) is 7.05 Å². The van der Waals surface area contributed by atoms with Crippen LogP contribution < -0.4 is 10.6 Å². The highest BCUT2D eigenvalue weighted by molar-refractivity contribution is 5.99. The lowest BCUT2D eigenvalue weighted by Crippen LogP contribution is -2.36. The normalized spacial score (nSPS) is 13.0. The zero-order valence-corrected chi connectivity index (χ0v) is 18.2. The van der Waals surface area contributed by atoms with E-state index in [0.29, 0.717) is 0 Å². The summed E-state index contributed by atoms with van der Waals surface area (Å²) in [6, 6.07) is 15.6. The average molecular weight is 448 g/mol. The summed E-state index contributed by atoms with van der Waals surface area (Å²) in [5.74, 6) is -1.70. The molecule has 0 fully saturated rings. The number of ether oxygens (including phenoxy) is 1. The summed E-state index contributed by atoms with van der Waals surface area (Å²) in [4.78, 5) is 36.0. The van der Waals surface area contributed by atoms with Crippen molar-refractivity contribution in [3.8, 4) is 11.1 Å². The Labute approximate surface area is 190 Å². The molecule has 0 bridgehead atoms. The summed E-state index contributed by atoms with van der Waals surface area (Å²) in [6.45, 7) is 1.85. The second-order valence-corrected chi connectivity index (χ2v) is 7.96. The van der Waals surface area contributed by atoms with Crippen LogP contribution in [0.1, 0.15) is 40.9 Å². The molecule has 3 aromatic rings. The quantitative estimate of drug-likeness (QED) is 0.509. The number of benzene rings is 2. The number of hydrogen-bond acceptors (Lipinski definition) is 5. The van der Waals surface area contributed by atoms with Crippen molar-refractivity contribution in [2.75, 3.05) is 11.9 Å². The molecule has 1 aliphatic rings. The van der Waals surface area contributed by atoms with Gasteiger partial charge in [-0.2, -0.15) is 5.10 Å². The number of carboxylic acid groups (broad SMARTS) is 1. The van der Waals surface area contributed by atoms with Gasteiger partial charge in [0.05, 0.1) is 11.9 Å². The standard InChI is InChI=1S/C24H24N4O5/c1-14(11-21(29)27-20-12-25-28(2)22(20)23(30)31)26-24(32)33-13-19-17-9-5-3-7-15(17)16-8-4-6-10-18(16)19/h3-10,12,14,19H,11,13H2,1-2H3,(H,26,32)(H,27,29)(H,30,31)/t14-/m0/s1. The average Bonchev–Trinajstić information content (AvgIpc) is 3.29. The first-order chi connectivity index (χ1) is 15.8. The molecular formula is C24H24N4O5. The van der Waals surface area contributed by atoms with Gasteiger partial charge in [-0.05, 0) is 29.2 Å². The number of aromatic carboxylic acids is 1. The highest BCUT2D eigenvalue weighted by Crippen LogP contribution is 2.44. The molecule has 33 heavy (non-hydrogen) atoms.